The van der Waals surface area contributed by atoms with Gasteiger partial charge in [0.1, 0.15) is 0 Å². The van der Waals surface area contributed by atoms with Gasteiger partial charge < -0.3 is 24.0 Å². The minimum atomic E-state index is 0. The second-order valence-electron chi connectivity index (χ2n) is 2.62. The van der Waals surface area contributed by atoms with E-state index < -0.39 is 0 Å². The number of halogens is 1. The number of allylic oxidation sites excluding steroid dienone is 4. The van der Waals surface area contributed by atoms with Gasteiger partial charge in [-0.15, -0.1) is 14.3 Å². The van der Waals surface area contributed by atoms with Crippen molar-refractivity contribution in [3.8, 4) is 0 Å². The zero-order chi connectivity index (χ0) is 9.23. The predicted octanol–water partition coefficient (Wildman–Crippen LogP) is 0.835. The van der Waals surface area contributed by atoms with Crippen LogP contribution in [-0.2, 0) is 16.5 Å². The Kier molecular flexibility index (Phi) is 24.3. The van der Waals surface area contributed by atoms with Crippen molar-refractivity contribution in [1.29, 1.82) is 0 Å². The van der Waals surface area contributed by atoms with Crippen LogP contribution in [0.3, 0.4) is 0 Å². The van der Waals surface area contributed by atoms with Crippen LogP contribution in [0.4, 0.5) is 0 Å². The molecule has 0 heterocycles. The quantitative estimate of drug-likeness (QED) is 0.300. The molecule has 1 aliphatic rings. The van der Waals surface area contributed by atoms with E-state index in [1.54, 1.807) is 0 Å². The van der Waals surface area contributed by atoms with Crippen molar-refractivity contribution in [2.24, 2.45) is 0 Å². The zero-order valence-electron chi connectivity index (χ0n) is 9.20. The number of rotatable bonds is 3. The molecule has 0 unspecified atom stereocenters. The Hall–Kier alpha value is 1.13. The van der Waals surface area contributed by atoms with Crippen molar-refractivity contribution in [3.63, 3.8) is 0 Å². The van der Waals surface area contributed by atoms with E-state index in [1.807, 2.05) is 12.2 Å². The van der Waals surface area contributed by atoms with Crippen molar-refractivity contribution >= 4 is 7.92 Å². The first-order chi connectivity index (χ1) is 5.85. The summed E-state index contributed by atoms with van der Waals surface area (Å²) >= 11 is 0. The van der Waals surface area contributed by atoms with Gasteiger partial charge in [0.05, 0.1) is 0 Å². The molecule has 0 amide bonds. The van der Waals surface area contributed by atoms with Gasteiger partial charge in [-0.2, -0.15) is 6.08 Å². The van der Waals surface area contributed by atoms with Crippen LogP contribution in [0, 0.1) is 6.08 Å². The summed E-state index contributed by atoms with van der Waals surface area (Å²) in [4.78, 5) is 0. The number of hydrogen-bond acceptors (Lipinski definition) is 0. The van der Waals surface area contributed by atoms with Crippen LogP contribution in [-0.4, -0.2) is 18.5 Å². The molecule has 0 aromatic carbocycles. The molecule has 0 fully saturated rings. The molecular formula is C11H20INiP. The summed E-state index contributed by atoms with van der Waals surface area (Å²) in [6.45, 7) is 6.87. The molecule has 86 valence electrons. The third-order valence-electron chi connectivity index (χ3n) is 1.93. The summed E-state index contributed by atoms with van der Waals surface area (Å²) < 4.78 is 0. The molecule has 0 aromatic heterocycles. The molecule has 0 atom stereocenters. The molecule has 3 heteroatoms. The average Bonchev–Trinajstić information content (AvgIpc) is 2.64. The normalized spacial score (nSPS) is 11.4. The standard InChI is InChI=1S/C6H15P.C5H5.HI.Ni/c1-4-7(5-2)6-3;1-2-4-5-3-1;;/h4-6H2,1-3H3;1-3H,4H2;1H;/q;-1;;+2/p-1. The Bertz CT molecular complexity index is 127. The fraction of sp³-hybridized carbons (Fsp3) is 0.636. The molecule has 0 nitrogen and oxygen atoms in total. The molecule has 0 radical (unpaired) electrons. The summed E-state index contributed by atoms with van der Waals surface area (Å²) in [5.41, 5.74) is 0. The molecule has 0 saturated carbocycles. The SMILES string of the molecule is CCP(CC)CC.[C-]1=CC=CC1.[I-].[Ni+2]. The fourth-order valence-corrected chi connectivity index (χ4v) is 2.35. The molecule has 0 N–H and O–H groups in total. The summed E-state index contributed by atoms with van der Waals surface area (Å²) in [5.74, 6) is 0. The van der Waals surface area contributed by atoms with E-state index in [0.717, 1.165) is 6.42 Å². The number of hydrogen-bond donors (Lipinski definition) is 0. The first kappa shape index (κ1) is 20.5. The Labute approximate surface area is 118 Å². The molecule has 0 saturated heterocycles. The van der Waals surface area contributed by atoms with Gasteiger partial charge in [-0.3, -0.25) is 6.08 Å². The van der Waals surface area contributed by atoms with E-state index in [0.29, 0.717) is 7.92 Å². The van der Waals surface area contributed by atoms with Crippen molar-refractivity contribution < 1.29 is 40.5 Å². The average molecular weight is 369 g/mol. The van der Waals surface area contributed by atoms with Gasteiger partial charge in [0.15, 0.2) is 0 Å². The first-order valence-electron chi connectivity index (χ1n) is 4.79. The molecular weight excluding hydrogens is 349 g/mol. The van der Waals surface area contributed by atoms with Crippen molar-refractivity contribution in [1.82, 2.24) is 0 Å². The molecule has 1 rings (SSSR count). The van der Waals surface area contributed by atoms with Crippen molar-refractivity contribution in [2.45, 2.75) is 27.2 Å². The van der Waals surface area contributed by atoms with E-state index in [4.69, 9.17) is 0 Å². The molecule has 0 spiro atoms. The van der Waals surface area contributed by atoms with Crippen LogP contribution in [0.2, 0.25) is 0 Å². The summed E-state index contributed by atoms with van der Waals surface area (Å²) in [5, 5.41) is 0. The van der Waals surface area contributed by atoms with Gasteiger partial charge in [0, 0.05) is 0 Å². The molecule has 0 aromatic rings. The van der Waals surface area contributed by atoms with Gasteiger partial charge in [0.2, 0.25) is 0 Å². The maximum atomic E-state index is 2.99. The Balaban J connectivity index is -0.000000155. The maximum absolute atomic E-state index is 2.99. The minimum Gasteiger partial charge on any atom is -1.00 e. The van der Waals surface area contributed by atoms with Crippen LogP contribution in [0.5, 0.6) is 0 Å². The summed E-state index contributed by atoms with van der Waals surface area (Å²) in [6, 6.07) is 0. The topological polar surface area (TPSA) is 0 Å². The Morgan fingerprint density at radius 1 is 1.14 bits per heavy atom. The molecule has 0 aliphatic heterocycles. The first-order valence-corrected chi connectivity index (χ1v) is 6.68. The zero-order valence-corrected chi connectivity index (χ0v) is 13.2. The third kappa shape index (κ3) is 13.1. The summed E-state index contributed by atoms with van der Waals surface area (Å²) in [7, 11) is 0.446. The predicted molar refractivity (Wildman–Crippen MR) is 60.1 cm³/mol. The van der Waals surface area contributed by atoms with Crippen LogP contribution in [0.25, 0.3) is 0 Å². The van der Waals surface area contributed by atoms with Gasteiger partial charge in [-0.1, -0.05) is 20.8 Å². The van der Waals surface area contributed by atoms with E-state index in [9.17, 15) is 0 Å². The monoisotopic (exact) mass is 368 g/mol. The van der Waals surface area contributed by atoms with Crippen LogP contribution in [0.15, 0.2) is 18.2 Å². The van der Waals surface area contributed by atoms with Crippen LogP contribution >= 0.6 is 7.92 Å². The van der Waals surface area contributed by atoms with Gasteiger partial charge in [0.25, 0.3) is 0 Å². The van der Waals surface area contributed by atoms with E-state index >= 15 is 0 Å². The molecule has 1 aliphatic carbocycles. The molecule has 0 bridgehead atoms. The van der Waals surface area contributed by atoms with Crippen molar-refractivity contribution in [3.05, 3.63) is 24.3 Å². The third-order valence-corrected chi connectivity index (χ3v) is 4.61. The van der Waals surface area contributed by atoms with Gasteiger partial charge in [-0.05, 0) is 18.5 Å². The van der Waals surface area contributed by atoms with Crippen LogP contribution in [0.1, 0.15) is 27.2 Å². The van der Waals surface area contributed by atoms with Crippen molar-refractivity contribution in [2.75, 3.05) is 18.5 Å². The van der Waals surface area contributed by atoms with Gasteiger partial charge >= 0.3 is 16.5 Å². The molecule has 14 heavy (non-hydrogen) atoms. The second-order valence-corrected chi connectivity index (χ2v) is 5.86. The maximum Gasteiger partial charge on any atom is 2.00 e. The van der Waals surface area contributed by atoms with E-state index in [1.165, 1.54) is 18.5 Å². The Morgan fingerprint density at radius 3 is 1.71 bits per heavy atom. The Morgan fingerprint density at radius 2 is 1.64 bits per heavy atom. The van der Waals surface area contributed by atoms with Crippen LogP contribution < -0.4 is 24.0 Å². The fourth-order valence-electron chi connectivity index (χ4n) is 1.01. The largest absolute Gasteiger partial charge is 2.00 e. The van der Waals surface area contributed by atoms with E-state index in [-0.39, 0.29) is 40.5 Å². The minimum absolute atomic E-state index is 0. The smallest absolute Gasteiger partial charge is 1.00 e. The van der Waals surface area contributed by atoms with E-state index in [2.05, 4.69) is 32.9 Å². The second kappa shape index (κ2) is 16.6. The van der Waals surface area contributed by atoms with Gasteiger partial charge in [-0.25, -0.2) is 12.2 Å². The summed E-state index contributed by atoms with van der Waals surface area (Å²) in [6.07, 6.45) is 14.3.